The van der Waals surface area contributed by atoms with Gasteiger partial charge in [-0.25, -0.2) is 0 Å². The summed E-state index contributed by atoms with van der Waals surface area (Å²) in [6, 6.07) is -0.0542. The van der Waals surface area contributed by atoms with E-state index >= 15 is 0 Å². The molecule has 0 aliphatic rings. The van der Waals surface area contributed by atoms with Gasteiger partial charge in [-0.1, -0.05) is 12.8 Å². The Morgan fingerprint density at radius 3 is 2.62 bits per heavy atom. The monoisotopic (exact) mass is 223 g/mol. The van der Waals surface area contributed by atoms with E-state index in [0.717, 1.165) is 18.6 Å². The molecule has 1 atom stereocenters. The second kappa shape index (κ2) is 8.96. The lowest BCUT2D eigenvalue weighted by Crippen LogP contribution is -2.13. The average Bonchev–Trinajstić information content (AvgIpc) is 2.18. The zero-order valence-electron chi connectivity index (χ0n) is 10.7. The molecule has 0 heterocycles. The molecule has 0 aromatic rings. The molecule has 0 bridgehead atoms. The predicted molar refractivity (Wildman–Crippen MR) is 66.5 cm³/mol. The normalized spacial score (nSPS) is 12.6. The van der Waals surface area contributed by atoms with Crippen molar-refractivity contribution in [2.45, 2.75) is 53.0 Å². The molecule has 0 saturated carbocycles. The van der Waals surface area contributed by atoms with E-state index in [1.165, 1.54) is 0 Å². The van der Waals surface area contributed by atoms with Gasteiger partial charge in [0.25, 0.3) is 0 Å². The Kier molecular flexibility index (Phi) is 8.24. The van der Waals surface area contributed by atoms with Gasteiger partial charge in [-0.05, 0) is 33.6 Å². The van der Waals surface area contributed by atoms with Crippen LogP contribution in [0.2, 0.25) is 0 Å². The zero-order valence-corrected chi connectivity index (χ0v) is 10.7. The van der Waals surface area contributed by atoms with Crippen molar-refractivity contribution in [3.05, 3.63) is 0 Å². The number of rotatable bonds is 6. The van der Waals surface area contributed by atoms with Crippen LogP contribution < -0.4 is 0 Å². The molecule has 0 radical (unpaired) electrons. The minimum Gasteiger partial charge on any atom is -0.466 e. The van der Waals surface area contributed by atoms with Crippen LogP contribution in [-0.4, -0.2) is 24.3 Å². The van der Waals surface area contributed by atoms with Crippen molar-refractivity contribution in [2.75, 3.05) is 6.61 Å². The van der Waals surface area contributed by atoms with E-state index in [2.05, 4.69) is 23.8 Å². The number of nitrogens with zero attached hydrogens (tertiary/aromatic N) is 1. The van der Waals surface area contributed by atoms with Gasteiger partial charge in [-0.2, -0.15) is 0 Å². The van der Waals surface area contributed by atoms with Crippen LogP contribution in [-0.2, 0) is 9.53 Å². The van der Waals surface area contributed by atoms with Crippen molar-refractivity contribution in [1.82, 2.24) is 0 Å². The molecule has 0 amide bonds. The van der Waals surface area contributed by atoms with E-state index < -0.39 is 0 Å². The standard InChI is InChI=1S/C13H21NO2/c1-5-8-12(9-6-2)14-11(4)10-13(15)16-7-3/h11H,5,7-8,10H2,1-4H3. The van der Waals surface area contributed by atoms with Crippen LogP contribution in [0, 0.1) is 11.8 Å². The van der Waals surface area contributed by atoms with E-state index in [9.17, 15) is 4.79 Å². The molecule has 0 spiro atoms. The molecule has 0 aliphatic heterocycles. The minimum absolute atomic E-state index is 0.0542. The third kappa shape index (κ3) is 7.05. The second-order valence-corrected chi connectivity index (χ2v) is 3.56. The van der Waals surface area contributed by atoms with Crippen LogP contribution in [0.15, 0.2) is 4.99 Å². The fraction of sp³-hybridized carbons (Fsp3) is 0.692. The van der Waals surface area contributed by atoms with Gasteiger partial charge in [0.05, 0.1) is 24.8 Å². The summed E-state index contributed by atoms with van der Waals surface area (Å²) in [4.78, 5) is 15.6. The minimum atomic E-state index is -0.195. The molecule has 0 aromatic heterocycles. The summed E-state index contributed by atoms with van der Waals surface area (Å²) in [5.41, 5.74) is 0.877. The molecule has 1 unspecified atom stereocenters. The summed E-state index contributed by atoms with van der Waals surface area (Å²) < 4.78 is 4.87. The zero-order chi connectivity index (χ0) is 12.4. The van der Waals surface area contributed by atoms with Gasteiger partial charge in [-0.15, -0.1) is 5.92 Å². The molecule has 0 N–H and O–H groups in total. The van der Waals surface area contributed by atoms with E-state index in [-0.39, 0.29) is 12.0 Å². The number of hydrogen-bond acceptors (Lipinski definition) is 3. The molecule has 0 fully saturated rings. The number of esters is 1. The first kappa shape index (κ1) is 14.7. The Morgan fingerprint density at radius 1 is 1.44 bits per heavy atom. The van der Waals surface area contributed by atoms with Gasteiger partial charge in [0, 0.05) is 0 Å². The first-order valence-corrected chi connectivity index (χ1v) is 5.79. The Labute approximate surface area is 98.3 Å². The molecule has 0 aliphatic carbocycles. The first-order valence-electron chi connectivity index (χ1n) is 5.79. The quantitative estimate of drug-likeness (QED) is 0.394. The molecule has 16 heavy (non-hydrogen) atoms. The van der Waals surface area contributed by atoms with Gasteiger partial charge in [-0.3, -0.25) is 9.79 Å². The molecule has 3 nitrogen and oxygen atoms in total. The van der Waals surface area contributed by atoms with E-state index in [4.69, 9.17) is 4.74 Å². The van der Waals surface area contributed by atoms with Crippen molar-refractivity contribution in [2.24, 2.45) is 4.99 Å². The number of aliphatic imine (C=N–C) groups is 1. The summed E-state index contributed by atoms with van der Waals surface area (Å²) in [6.07, 6.45) is 2.21. The summed E-state index contributed by atoms with van der Waals surface area (Å²) in [5, 5.41) is 0. The van der Waals surface area contributed by atoms with Gasteiger partial charge < -0.3 is 4.74 Å². The number of ether oxygens (including phenoxy) is 1. The Balaban J connectivity index is 4.32. The van der Waals surface area contributed by atoms with E-state index in [1.807, 2.05) is 6.92 Å². The molecular formula is C13H21NO2. The van der Waals surface area contributed by atoms with Crippen molar-refractivity contribution in [3.8, 4) is 11.8 Å². The highest BCUT2D eigenvalue weighted by molar-refractivity contribution is 6.00. The summed E-state index contributed by atoms with van der Waals surface area (Å²) in [5.74, 6) is 5.61. The Morgan fingerprint density at radius 2 is 2.12 bits per heavy atom. The van der Waals surface area contributed by atoms with Gasteiger partial charge >= 0.3 is 5.97 Å². The lowest BCUT2D eigenvalue weighted by Gasteiger charge is -2.07. The topological polar surface area (TPSA) is 38.7 Å². The maximum absolute atomic E-state index is 11.2. The fourth-order valence-electron chi connectivity index (χ4n) is 1.31. The van der Waals surface area contributed by atoms with Crippen LogP contribution in [0.1, 0.15) is 47.0 Å². The van der Waals surface area contributed by atoms with Crippen molar-refractivity contribution in [1.29, 1.82) is 0 Å². The Bertz CT molecular complexity index is 297. The lowest BCUT2D eigenvalue weighted by atomic mass is 10.2. The van der Waals surface area contributed by atoms with Crippen molar-refractivity contribution >= 4 is 11.7 Å². The van der Waals surface area contributed by atoms with Gasteiger partial charge in [0.2, 0.25) is 0 Å². The van der Waals surface area contributed by atoms with Crippen LogP contribution in [0.25, 0.3) is 0 Å². The molecule has 90 valence electrons. The molecule has 3 heteroatoms. The molecular weight excluding hydrogens is 202 g/mol. The third-order valence-corrected chi connectivity index (χ3v) is 1.90. The van der Waals surface area contributed by atoms with E-state index in [0.29, 0.717) is 13.0 Å². The molecule has 0 rings (SSSR count). The first-order chi connectivity index (χ1) is 7.63. The van der Waals surface area contributed by atoms with Crippen molar-refractivity contribution in [3.63, 3.8) is 0 Å². The highest BCUT2D eigenvalue weighted by Gasteiger charge is 2.08. The smallest absolute Gasteiger partial charge is 0.307 e. The second-order valence-electron chi connectivity index (χ2n) is 3.56. The maximum Gasteiger partial charge on any atom is 0.307 e. The highest BCUT2D eigenvalue weighted by Crippen LogP contribution is 2.02. The van der Waals surface area contributed by atoms with Crippen LogP contribution in [0.5, 0.6) is 0 Å². The number of hydrogen-bond donors (Lipinski definition) is 0. The van der Waals surface area contributed by atoms with Crippen molar-refractivity contribution < 1.29 is 9.53 Å². The molecule has 0 saturated heterocycles. The number of carbonyl (C=O) groups excluding carboxylic acids is 1. The number of carbonyl (C=O) groups is 1. The fourth-order valence-corrected chi connectivity index (χ4v) is 1.31. The van der Waals surface area contributed by atoms with Gasteiger partial charge in [0.15, 0.2) is 0 Å². The van der Waals surface area contributed by atoms with Crippen LogP contribution in [0.4, 0.5) is 0 Å². The largest absolute Gasteiger partial charge is 0.466 e. The summed E-state index contributed by atoms with van der Waals surface area (Å²) in [7, 11) is 0. The maximum atomic E-state index is 11.2. The third-order valence-electron chi connectivity index (χ3n) is 1.90. The SMILES string of the molecule is CC#CC(CCC)=NC(C)CC(=O)OCC. The van der Waals surface area contributed by atoms with Crippen LogP contribution in [0.3, 0.4) is 0 Å². The van der Waals surface area contributed by atoms with E-state index in [1.54, 1.807) is 13.8 Å². The van der Waals surface area contributed by atoms with Crippen LogP contribution >= 0.6 is 0 Å². The summed E-state index contributed by atoms with van der Waals surface area (Å²) in [6.45, 7) is 8.01. The van der Waals surface area contributed by atoms with Gasteiger partial charge in [0.1, 0.15) is 0 Å². The highest BCUT2D eigenvalue weighted by atomic mass is 16.5. The summed E-state index contributed by atoms with van der Waals surface area (Å²) >= 11 is 0. The lowest BCUT2D eigenvalue weighted by molar-refractivity contribution is -0.143. The predicted octanol–water partition coefficient (Wildman–Crippen LogP) is 2.59. The average molecular weight is 223 g/mol. The Hall–Kier alpha value is -1.30. The molecule has 0 aromatic carbocycles.